The Morgan fingerprint density at radius 1 is 1.41 bits per heavy atom. The van der Waals surface area contributed by atoms with E-state index in [0.29, 0.717) is 0 Å². The number of rotatable bonds is 5. The largest absolute Gasteiger partial charge is 0.363 e. The molecule has 1 aromatic heterocycles. The van der Waals surface area contributed by atoms with Crippen molar-refractivity contribution < 1.29 is 4.79 Å². The fourth-order valence-corrected chi connectivity index (χ4v) is 2.03. The molecule has 1 amide bonds. The van der Waals surface area contributed by atoms with Crippen molar-refractivity contribution in [1.29, 1.82) is 0 Å². The van der Waals surface area contributed by atoms with Gasteiger partial charge in [-0.15, -0.1) is 22.6 Å². The van der Waals surface area contributed by atoms with Gasteiger partial charge in [-0.1, -0.05) is 25.2 Å². The standard InChI is InChI=1S/C10H18N4OS.ClH/c1-10(2,5-6-14(3)4)9-13-12-8(16-9)7(11)15;/h5-6H2,1-4H3,(H2,11,15);1H. The van der Waals surface area contributed by atoms with Gasteiger partial charge in [0.2, 0.25) is 5.01 Å². The van der Waals surface area contributed by atoms with Crippen LogP contribution in [0, 0.1) is 0 Å². The second kappa shape index (κ2) is 6.28. The molecule has 0 aliphatic heterocycles. The number of halogens is 1. The molecule has 0 atom stereocenters. The van der Waals surface area contributed by atoms with Gasteiger partial charge in [-0.05, 0) is 27.1 Å². The van der Waals surface area contributed by atoms with E-state index in [1.165, 1.54) is 11.3 Å². The van der Waals surface area contributed by atoms with Gasteiger partial charge in [-0.3, -0.25) is 4.79 Å². The maximum Gasteiger partial charge on any atom is 0.279 e. The second-order valence-electron chi connectivity index (χ2n) is 4.71. The summed E-state index contributed by atoms with van der Waals surface area (Å²) in [6.07, 6.45) is 0.966. The van der Waals surface area contributed by atoms with Crippen molar-refractivity contribution in [3.05, 3.63) is 10.0 Å². The first-order chi connectivity index (χ1) is 7.33. The van der Waals surface area contributed by atoms with E-state index in [2.05, 4.69) is 28.9 Å². The van der Waals surface area contributed by atoms with Gasteiger partial charge < -0.3 is 10.6 Å². The zero-order chi connectivity index (χ0) is 12.3. The third-order valence-electron chi connectivity index (χ3n) is 2.40. The van der Waals surface area contributed by atoms with Crippen LogP contribution in [-0.4, -0.2) is 41.6 Å². The molecule has 2 N–H and O–H groups in total. The highest BCUT2D eigenvalue weighted by atomic mass is 35.5. The Bertz CT molecular complexity index is 378. The van der Waals surface area contributed by atoms with Crippen molar-refractivity contribution >= 4 is 29.7 Å². The van der Waals surface area contributed by atoms with E-state index in [1.54, 1.807) is 0 Å². The summed E-state index contributed by atoms with van der Waals surface area (Å²) in [4.78, 5) is 13.1. The van der Waals surface area contributed by atoms with Gasteiger partial charge in [-0.25, -0.2) is 0 Å². The highest BCUT2D eigenvalue weighted by molar-refractivity contribution is 7.13. The molecule has 0 saturated heterocycles. The maximum atomic E-state index is 10.9. The van der Waals surface area contributed by atoms with E-state index in [1.807, 2.05) is 14.1 Å². The summed E-state index contributed by atoms with van der Waals surface area (Å²) in [5.74, 6) is -0.507. The lowest BCUT2D eigenvalue weighted by molar-refractivity contribution is 0.0999. The van der Waals surface area contributed by atoms with Crippen LogP contribution in [0.3, 0.4) is 0 Å². The number of hydrogen-bond acceptors (Lipinski definition) is 5. The van der Waals surface area contributed by atoms with Gasteiger partial charge in [-0.2, -0.15) is 0 Å². The summed E-state index contributed by atoms with van der Waals surface area (Å²) in [6, 6.07) is 0. The molecule has 1 aromatic rings. The minimum Gasteiger partial charge on any atom is -0.363 e. The summed E-state index contributed by atoms with van der Waals surface area (Å²) in [5, 5.41) is 8.97. The lowest BCUT2D eigenvalue weighted by Gasteiger charge is -2.23. The third kappa shape index (κ3) is 4.57. The maximum absolute atomic E-state index is 10.9. The second-order valence-corrected chi connectivity index (χ2v) is 5.69. The zero-order valence-corrected chi connectivity index (χ0v) is 12.2. The van der Waals surface area contributed by atoms with Crippen molar-refractivity contribution in [2.75, 3.05) is 20.6 Å². The van der Waals surface area contributed by atoms with Gasteiger partial charge in [0, 0.05) is 5.41 Å². The number of amides is 1. The number of nitrogens with zero attached hydrogens (tertiary/aromatic N) is 3. The van der Waals surface area contributed by atoms with Crippen LogP contribution >= 0.6 is 23.7 Å². The smallest absolute Gasteiger partial charge is 0.279 e. The van der Waals surface area contributed by atoms with Gasteiger partial charge in [0.15, 0.2) is 0 Å². The Labute approximate surface area is 112 Å². The molecule has 17 heavy (non-hydrogen) atoms. The average Bonchev–Trinajstić information content (AvgIpc) is 2.64. The Morgan fingerprint density at radius 2 is 2.00 bits per heavy atom. The molecule has 0 aliphatic rings. The summed E-state index contributed by atoms with van der Waals surface area (Å²) < 4.78 is 0. The fraction of sp³-hybridized carbons (Fsp3) is 0.700. The molecular formula is C10H19ClN4OS. The molecule has 0 unspecified atom stereocenters. The molecule has 0 aliphatic carbocycles. The molecule has 7 heteroatoms. The van der Waals surface area contributed by atoms with Crippen molar-refractivity contribution in [2.45, 2.75) is 25.7 Å². The molecule has 98 valence electrons. The minimum absolute atomic E-state index is 0. The number of nitrogens with two attached hydrogens (primary N) is 1. The van der Waals surface area contributed by atoms with Gasteiger partial charge in [0.25, 0.3) is 5.91 Å². The highest BCUT2D eigenvalue weighted by Crippen LogP contribution is 2.29. The molecule has 1 heterocycles. The highest BCUT2D eigenvalue weighted by Gasteiger charge is 2.26. The van der Waals surface area contributed by atoms with Crippen LogP contribution in [0.5, 0.6) is 0 Å². The lowest BCUT2D eigenvalue weighted by Crippen LogP contribution is -2.24. The molecular weight excluding hydrogens is 260 g/mol. The minimum atomic E-state index is -0.507. The van der Waals surface area contributed by atoms with Crippen molar-refractivity contribution in [3.63, 3.8) is 0 Å². The van der Waals surface area contributed by atoms with Crippen molar-refractivity contribution in [1.82, 2.24) is 15.1 Å². The average molecular weight is 279 g/mol. The summed E-state index contributed by atoms with van der Waals surface area (Å²) in [6.45, 7) is 5.17. The van der Waals surface area contributed by atoms with E-state index in [4.69, 9.17) is 5.73 Å². The van der Waals surface area contributed by atoms with E-state index in [0.717, 1.165) is 18.0 Å². The number of carbonyl (C=O) groups is 1. The zero-order valence-electron chi connectivity index (χ0n) is 10.6. The first-order valence-corrected chi connectivity index (χ1v) is 5.93. The number of aromatic nitrogens is 2. The van der Waals surface area contributed by atoms with Crippen LogP contribution in [0.25, 0.3) is 0 Å². The number of carbonyl (C=O) groups excluding carboxylic acids is 1. The Kier molecular flexibility index (Phi) is 6.01. The molecule has 0 fully saturated rings. The van der Waals surface area contributed by atoms with Crippen LogP contribution in [0.15, 0.2) is 0 Å². The first-order valence-electron chi connectivity index (χ1n) is 5.11. The van der Waals surface area contributed by atoms with Crippen LogP contribution in [0.2, 0.25) is 0 Å². The molecule has 1 rings (SSSR count). The number of primary amides is 1. The van der Waals surface area contributed by atoms with E-state index in [9.17, 15) is 4.79 Å². The third-order valence-corrected chi connectivity index (χ3v) is 3.70. The van der Waals surface area contributed by atoms with Gasteiger partial charge >= 0.3 is 0 Å². The van der Waals surface area contributed by atoms with E-state index < -0.39 is 5.91 Å². The van der Waals surface area contributed by atoms with E-state index >= 15 is 0 Å². The molecule has 0 bridgehead atoms. The van der Waals surface area contributed by atoms with Crippen molar-refractivity contribution in [3.8, 4) is 0 Å². The Hall–Kier alpha value is -0.720. The summed E-state index contributed by atoms with van der Waals surface area (Å²) >= 11 is 1.28. The molecule has 0 aromatic carbocycles. The summed E-state index contributed by atoms with van der Waals surface area (Å²) in [5.41, 5.74) is 5.08. The lowest BCUT2D eigenvalue weighted by atomic mass is 9.90. The van der Waals surface area contributed by atoms with Crippen LogP contribution < -0.4 is 5.73 Å². The van der Waals surface area contributed by atoms with E-state index in [-0.39, 0.29) is 22.8 Å². The predicted molar refractivity (Wildman–Crippen MR) is 71.9 cm³/mol. The summed E-state index contributed by atoms with van der Waals surface area (Å²) in [7, 11) is 4.07. The van der Waals surface area contributed by atoms with Crippen LogP contribution in [-0.2, 0) is 5.41 Å². The first kappa shape index (κ1) is 16.3. The monoisotopic (exact) mass is 278 g/mol. The molecule has 5 nitrogen and oxygen atoms in total. The Balaban J connectivity index is 0.00000256. The Morgan fingerprint density at radius 3 is 2.41 bits per heavy atom. The number of hydrogen-bond donors (Lipinski definition) is 1. The van der Waals surface area contributed by atoms with Crippen LogP contribution in [0.4, 0.5) is 0 Å². The molecule has 0 spiro atoms. The predicted octanol–water partition coefficient (Wildman–Crippen LogP) is 1.29. The van der Waals surface area contributed by atoms with Crippen molar-refractivity contribution in [2.24, 2.45) is 5.73 Å². The molecule has 0 radical (unpaired) electrons. The SMILES string of the molecule is CN(C)CCC(C)(C)c1nnc(C(N)=O)s1.Cl. The van der Waals surface area contributed by atoms with Crippen LogP contribution in [0.1, 0.15) is 35.1 Å². The topological polar surface area (TPSA) is 72.1 Å². The molecule has 0 saturated carbocycles. The van der Waals surface area contributed by atoms with Gasteiger partial charge in [0.1, 0.15) is 5.01 Å². The van der Waals surface area contributed by atoms with Gasteiger partial charge in [0.05, 0.1) is 0 Å². The fourth-order valence-electron chi connectivity index (χ4n) is 1.21. The quantitative estimate of drug-likeness (QED) is 0.881. The normalized spacial score (nSPS) is 11.4.